The maximum absolute atomic E-state index is 12.6. The molecule has 0 fully saturated rings. The minimum atomic E-state index is -0.280. The van der Waals surface area contributed by atoms with Crippen LogP contribution in [0.15, 0.2) is 65.6 Å². The number of amides is 1. The number of anilines is 1. The molecule has 0 aliphatic rings. The molecule has 1 aromatic heterocycles. The topological polar surface area (TPSA) is 60.3 Å². The summed E-state index contributed by atoms with van der Waals surface area (Å²) in [6, 6.07) is 16.2. The van der Waals surface area contributed by atoms with Crippen molar-refractivity contribution in [2.24, 2.45) is 0 Å². The fourth-order valence-electron chi connectivity index (χ4n) is 2.85. The zero-order valence-corrected chi connectivity index (χ0v) is 15.7. The number of carbonyl (C=O) groups excluding carboxylic acids is 1. The van der Waals surface area contributed by atoms with Gasteiger partial charge < -0.3 is 14.6 Å². The molecule has 0 spiro atoms. The molecule has 27 heavy (non-hydrogen) atoms. The van der Waals surface area contributed by atoms with Crippen molar-refractivity contribution in [1.29, 1.82) is 0 Å². The Morgan fingerprint density at radius 2 is 1.89 bits per heavy atom. The summed E-state index contributed by atoms with van der Waals surface area (Å²) in [4.78, 5) is 24.8. The summed E-state index contributed by atoms with van der Waals surface area (Å²) in [5, 5.41) is 2.83. The van der Waals surface area contributed by atoms with Gasteiger partial charge in [-0.05, 0) is 43.2 Å². The molecule has 3 rings (SSSR count). The fraction of sp³-hybridized carbons (Fsp3) is 0.182. The normalized spacial score (nSPS) is 10.5. The highest BCUT2D eigenvalue weighted by Crippen LogP contribution is 2.17. The van der Waals surface area contributed by atoms with Gasteiger partial charge in [0, 0.05) is 24.0 Å². The van der Waals surface area contributed by atoms with Crippen molar-refractivity contribution in [1.82, 2.24) is 4.57 Å². The van der Waals surface area contributed by atoms with Crippen molar-refractivity contribution in [3.8, 4) is 5.75 Å². The quantitative estimate of drug-likeness (QED) is 0.751. The van der Waals surface area contributed by atoms with E-state index in [1.165, 1.54) is 12.1 Å². The molecule has 1 heterocycles. The molecule has 5 nitrogen and oxygen atoms in total. The van der Waals surface area contributed by atoms with Crippen molar-refractivity contribution < 1.29 is 9.53 Å². The molecular weight excluding hydrogens is 340 g/mol. The van der Waals surface area contributed by atoms with Gasteiger partial charge in [-0.15, -0.1) is 0 Å². The van der Waals surface area contributed by atoms with E-state index in [9.17, 15) is 9.59 Å². The molecule has 1 amide bonds. The van der Waals surface area contributed by atoms with Crippen molar-refractivity contribution in [3.05, 3.63) is 93.4 Å². The van der Waals surface area contributed by atoms with Gasteiger partial charge in [-0.2, -0.15) is 0 Å². The van der Waals surface area contributed by atoms with E-state index in [0.717, 1.165) is 16.7 Å². The molecule has 0 saturated carbocycles. The van der Waals surface area contributed by atoms with Crippen LogP contribution in [0.2, 0.25) is 0 Å². The summed E-state index contributed by atoms with van der Waals surface area (Å²) < 4.78 is 6.73. The Morgan fingerprint density at radius 3 is 2.67 bits per heavy atom. The van der Waals surface area contributed by atoms with E-state index in [0.29, 0.717) is 23.5 Å². The lowest BCUT2D eigenvalue weighted by Crippen LogP contribution is -2.23. The number of pyridine rings is 1. The highest BCUT2D eigenvalue weighted by molar-refractivity contribution is 6.04. The van der Waals surface area contributed by atoms with Gasteiger partial charge in [-0.1, -0.05) is 29.8 Å². The highest BCUT2D eigenvalue weighted by atomic mass is 16.5. The number of hydrogen-bond acceptors (Lipinski definition) is 3. The Kier molecular flexibility index (Phi) is 5.41. The summed E-state index contributed by atoms with van der Waals surface area (Å²) in [6.45, 7) is 4.45. The van der Waals surface area contributed by atoms with Gasteiger partial charge in [-0.25, -0.2) is 0 Å². The molecule has 2 aromatic carbocycles. The summed E-state index contributed by atoms with van der Waals surface area (Å²) in [5.41, 5.74) is 4.21. The van der Waals surface area contributed by atoms with E-state index >= 15 is 0 Å². The van der Waals surface area contributed by atoms with Crippen LogP contribution in [-0.2, 0) is 6.54 Å². The first-order valence-electron chi connectivity index (χ1n) is 8.68. The van der Waals surface area contributed by atoms with Gasteiger partial charge in [0.15, 0.2) is 0 Å². The van der Waals surface area contributed by atoms with E-state index in [1.54, 1.807) is 42.1 Å². The van der Waals surface area contributed by atoms with E-state index in [2.05, 4.69) is 11.4 Å². The van der Waals surface area contributed by atoms with Crippen LogP contribution < -0.4 is 15.6 Å². The van der Waals surface area contributed by atoms with Gasteiger partial charge in [0.05, 0.1) is 19.2 Å². The third-order valence-corrected chi connectivity index (χ3v) is 4.42. The maximum Gasteiger partial charge on any atom is 0.257 e. The smallest absolute Gasteiger partial charge is 0.257 e. The maximum atomic E-state index is 12.6. The molecule has 0 atom stereocenters. The predicted molar refractivity (Wildman–Crippen MR) is 107 cm³/mol. The molecular formula is C22H22N2O3. The van der Waals surface area contributed by atoms with Crippen molar-refractivity contribution in [3.63, 3.8) is 0 Å². The number of methoxy groups -OCH3 is 1. The number of aryl methyl sites for hydroxylation is 2. The average Bonchev–Trinajstić information content (AvgIpc) is 2.66. The van der Waals surface area contributed by atoms with E-state index in [4.69, 9.17) is 4.74 Å². The number of hydrogen-bond donors (Lipinski definition) is 1. The van der Waals surface area contributed by atoms with Crippen LogP contribution in [0.1, 0.15) is 27.0 Å². The molecule has 0 unspecified atom stereocenters. The molecule has 3 aromatic rings. The van der Waals surface area contributed by atoms with Crippen molar-refractivity contribution >= 4 is 11.6 Å². The van der Waals surface area contributed by atoms with Crippen LogP contribution >= 0.6 is 0 Å². The monoisotopic (exact) mass is 362 g/mol. The standard InChI is InChI=1S/C22H22N2O3/c1-15-7-8-16(2)18(11-15)14-24-13-17(9-10-21(24)25)22(26)23-19-5-4-6-20(12-19)27-3/h4-13H,14H2,1-3H3,(H,23,26). The third-order valence-electron chi connectivity index (χ3n) is 4.42. The van der Waals surface area contributed by atoms with E-state index < -0.39 is 0 Å². The molecule has 0 bridgehead atoms. The summed E-state index contributed by atoms with van der Waals surface area (Å²) in [7, 11) is 1.57. The van der Waals surface area contributed by atoms with Gasteiger partial charge in [0.25, 0.3) is 11.5 Å². The molecule has 0 aliphatic heterocycles. The molecule has 5 heteroatoms. The minimum Gasteiger partial charge on any atom is -0.497 e. The Balaban J connectivity index is 1.85. The number of nitrogens with one attached hydrogen (secondary N) is 1. The molecule has 0 radical (unpaired) electrons. The number of benzene rings is 2. The SMILES string of the molecule is COc1cccc(NC(=O)c2ccc(=O)n(Cc3cc(C)ccc3C)c2)c1. The summed E-state index contributed by atoms with van der Waals surface area (Å²) in [5.74, 6) is 0.380. The number of carbonyl (C=O) groups is 1. The zero-order chi connectivity index (χ0) is 19.4. The molecule has 0 saturated heterocycles. The van der Waals surface area contributed by atoms with Crippen LogP contribution in [0.3, 0.4) is 0 Å². The van der Waals surface area contributed by atoms with Gasteiger partial charge in [-0.3, -0.25) is 9.59 Å². The largest absolute Gasteiger partial charge is 0.497 e. The van der Waals surface area contributed by atoms with Crippen LogP contribution in [-0.4, -0.2) is 17.6 Å². The van der Waals surface area contributed by atoms with Crippen LogP contribution in [0.25, 0.3) is 0 Å². The summed E-state index contributed by atoms with van der Waals surface area (Å²) in [6.07, 6.45) is 1.60. The number of rotatable bonds is 5. The zero-order valence-electron chi connectivity index (χ0n) is 15.7. The van der Waals surface area contributed by atoms with E-state index in [-0.39, 0.29) is 11.5 Å². The Labute approximate surface area is 158 Å². The Bertz CT molecular complexity index is 1040. The first-order chi connectivity index (χ1) is 13.0. The Hall–Kier alpha value is -3.34. The van der Waals surface area contributed by atoms with Crippen LogP contribution in [0.5, 0.6) is 5.75 Å². The second kappa shape index (κ2) is 7.91. The predicted octanol–water partition coefficient (Wildman–Crippen LogP) is 3.77. The van der Waals surface area contributed by atoms with Crippen LogP contribution in [0, 0.1) is 13.8 Å². The van der Waals surface area contributed by atoms with Gasteiger partial charge in [0.1, 0.15) is 5.75 Å². The average molecular weight is 362 g/mol. The van der Waals surface area contributed by atoms with Crippen molar-refractivity contribution in [2.45, 2.75) is 20.4 Å². The molecule has 0 aliphatic carbocycles. The van der Waals surface area contributed by atoms with Crippen LogP contribution in [0.4, 0.5) is 5.69 Å². The van der Waals surface area contributed by atoms with E-state index in [1.807, 2.05) is 26.0 Å². The third kappa shape index (κ3) is 4.44. The summed E-state index contributed by atoms with van der Waals surface area (Å²) >= 11 is 0. The first-order valence-corrected chi connectivity index (χ1v) is 8.68. The number of ether oxygens (including phenoxy) is 1. The lowest BCUT2D eigenvalue weighted by molar-refractivity contribution is 0.102. The molecule has 1 N–H and O–H groups in total. The lowest BCUT2D eigenvalue weighted by Gasteiger charge is -2.12. The van der Waals surface area contributed by atoms with Gasteiger partial charge >= 0.3 is 0 Å². The van der Waals surface area contributed by atoms with Gasteiger partial charge in [0.2, 0.25) is 0 Å². The minimum absolute atomic E-state index is 0.145. The lowest BCUT2D eigenvalue weighted by atomic mass is 10.1. The molecule has 138 valence electrons. The number of nitrogens with zero attached hydrogens (tertiary/aromatic N) is 1. The second-order valence-corrected chi connectivity index (χ2v) is 6.50. The first kappa shape index (κ1) is 18.5. The number of aromatic nitrogens is 1. The fourth-order valence-corrected chi connectivity index (χ4v) is 2.85. The van der Waals surface area contributed by atoms with Crippen molar-refractivity contribution in [2.75, 3.05) is 12.4 Å². The second-order valence-electron chi connectivity index (χ2n) is 6.50. The highest BCUT2D eigenvalue weighted by Gasteiger charge is 2.10. The Morgan fingerprint density at radius 1 is 1.07 bits per heavy atom.